The summed E-state index contributed by atoms with van der Waals surface area (Å²) in [5.41, 5.74) is 7.20. The highest BCUT2D eigenvalue weighted by molar-refractivity contribution is 7.80. The van der Waals surface area contributed by atoms with Crippen LogP contribution in [-0.4, -0.2) is 9.97 Å². The molecule has 0 unspecified atom stereocenters. The first kappa shape index (κ1) is 10.4. The van der Waals surface area contributed by atoms with Crippen LogP contribution in [0.5, 0.6) is 0 Å². The standard InChI is InChI=1S/C10H9N3S/c1-7-3-2-4-9(13-7)5-8(6-11)10(12)14/h2-5H,1H3,(H2,12,14)/b8-5+. The largest absolute Gasteiger partial charge is 0.389 e. The molecule has 70 valence electrons. The number of pyridine rings is 1. The van der Waals surface area contributed by atoms with E-state index in [1.54, 1.807) is 12.1 Å². The number of hydrogen-bond donors (Lipinski definition) is 1. The van der Waals surface area contributed by atoms with E-state index in [1.165, 1.54) is 0 Å². The number of thiocarbonyl (C=S) groups is 1. The Morgan fingerprint density at radius 3 is 2.86 bits per heavy atom. The Labute approximate surface area is 87.9 Å². The highest BCUT2D eigenvalue weighted by Gasteiger charge is 1.99. The molecule has 0 spiro atoms. The maximum Gasteiger partial charge on any atom is 0.114 e. The first-order chi connectivity index (χ1) is 6.63. The van der Waals surface area contributed by atoms with Gasteiger partial charge in [-0.1, -0.05) is 18.3 Å². The van der Waals surface area contributed by atoms with Crippen LogP contribution in [0, 0.1) is 18.3 Å². The number of rotatable bonds is 2. The third-order valence-corrected chi connectivity index (χ3v) is 1.81. The van der Waals surface area contributed by atoms with Crippen molar-refractivity contribution >= 4 is 23.3 Å². The maximum absolute atomic E-state index is 8.71. The molecular weight excluding hydrogens is 194 g/mol. The predicted octanol–water partition coefficient (Wildman–Crippen LogP) is 1.58. The van der Waals surface area contributed by atoms with Crippen LogP contribution in [0.2, 0.25) is 0 Å². The summed E-state index contributed by atoms with van der Waals surface area (Å²) in [4.78, 5) is 4.29. The van der Waals surface area contributed by atoms with E-state index < -0.39 is 0 Å². The van der Waals surface area contributed by atoms with Crippen molar-refractivity contribution in [2.45, 2.75) is 6.92 Å². The molecule has 1 heterocycles. The fourth-order valence-corrected chi connectivity index (χ4v) is 1.06. The molecule has 1 rings (SSSR count). The molecule has 3 nitrogen and oxygen atoms in total. The number of aryl methyl sites for hydroxylation is 1. The van der Waals surface area contributed by atoms with Gasteiger partial charge in [-0.25, -0.2) is 0 Å². The molecule has 1 aromatic rings. The van der Waals surface area contributed by atoms with E-state index in [0.717, 1.165) is 5.69 Å². The number of nitrogens with zero attached hydrogens (tertiary/aromatic N) is 2. The third-order valence-electron chi connectivity index (χ3n) is 1.59. The first-order valence-electron chi connectivity index (χ1n) is 3.98. The van der Waals surface area contributed by atoms with E-state index >= 15 is 0 Å². The molecule has 0 aliphatic rings. The molecule has 0 saturated carbocycles. The van der Waals surface area contributed by atoms with E-state index in [1.807, 2.05) is 25.1 Å². The third kappa shape index (κ3) is 2.64. The van der Waals surface area contributed by atoms with Crippen molar-refractivity contribution in [3.05, 3.63) is 35.2 Å². The molecular formula is C10H9N3S. The van der Waals surface area contributed by atoms with Gasteiger partial charge in [0.1, 0.15) is 11.1 Å². The van der Waals surface area contributed by atoms with E-state index in [9.17, 15) is 0 Å². The molecule has 4 heteroatoms. The molecule has 0 fully saturated rings. The van der Waals surface area contributed by atoms with Gasteiger partial charge < -0.3 is 5.73 Å². The van der Waals surface area contributed by atoms with Crippen LogP contribution in [0.1, 0.15) is 11.4 Å². The highest BCUT2D eigenvalue weighted by atomic mass is 32.1. The zero-order chi connectivity index (χ0) is 10.6. The van der Waals surface area contributed by atoms with Gasteiger partial charge in [0.05, 0.1) is 11.3 Å². The van der Waals surface area contributed by atoms with Crippen molar-refractivity contribution in [1.82, 2.24) is 4.98 Å². The zero-order valence-corrected chi connectivity index (χ0v) is 8.51. The smallest absolute Gasteiger partial charge is 0.114 e. The normalized spacial score (nSPS) is 10.7. The van der Waals surface area contributed by atoms with Gasteiger partial charge in [0.15, 0.2) is 0 Å². The molecule has 0 amide bonds. The summed E-state index contributed by atoms with van der Waals surface area (Å²) in [6.45, 7) is 1.88. The molecule has 0 saturated heterocycles. The van der Waals surface area contributed by atoms with Crippen molar-refractivity contribution in [3.8, 4) is 6.07 Å². The predicted molar refractivity (Wildman–Crippen MR) is 59.3 cm³/mol. The van der Waals surface area contributed by atoms with Gasteiger partial charge in [0.2, 0.25) is 0 Å². The van der Waals surface area contributed by atoms with Gasteiger partial charge in [-0.2, -0.15) is 5.26 Å². The van der Waals surface area contributed by atoms with E-state index in [0.29, 0.717) is 5.69 Å². The van der Waals surface area contributed by atoms with Crippen molar-refractivity contribution in [2.24, 2.45) is 5.73 Å². The summed E-state index contributed by atoms with van der Waals surface area (Å²) in [5.74, 6) is 0. The molecule has 1 aromatic heterocycles. The molecule has 0 aliphatic carbocycles. The summed E-state index contributed by atoms with van der Waals surface area (Å²) >= 11 is 4.71. The van der Waals surface area contributed by atoms with Gasteiger partial charge in [0.25, 0.3) is 0 Å². The maximum atomic E-state index is 8.71. The summed E-state index contributed by atoms with van der Waals surface area (Å²) in [6.07, 6.45) is 1.58. The Hall–Kier alpha value is -1.73. The molecule has 0 aliphatic heterocycles. The van der Waals surface area contributed by atoms with Crippen LogP contribution < -0.4 is 5.73 Å². The van der Waals surface area contributed by atoms with Crippen molar-refractivity contribution in [2.75, 3.05) is 0 Å². The van der Waals surface area contributed by atoms with Gasteiger partial charge >= 0.3 is 0 Å². The Balaban J connectivity index is 3.08. The second kappa shape index (κ2) is 4.49. The Morgan fingerprint density at radius 2 is 2.36 bits per heavy atom. The minimum atomic E-state index is 0.0933. The quantitative estimate of drug-likeness (QED) is 0.450. The van der Waals surface area contributed by atoms with Gasteiger partial charge in [-0.3, -0.25) is 4.98 Å². The minimum Gasteiger partial charge on any atom is -0.389 e. The molecule has 14 heavy (non-hydrogen) atoms. The monoisotopic (exact) mass is 203 g/mol. The van der Waals surface area contributed by atoms with Crippen LogP contribution in [0.4, 0.5) is 0 Å². The van der Waals surface area contributed by atoms with Gasteiger partial charge in [-0.05, 0) is 25.1 Å². The first-order valence-corrected chi connectivity index (χ1v) is 4.39. The summed E-state index contributed by atoms with van der Waals surface area (Å²) in [7, 11) is 0. The number of nitriles is 1. The van der Waals surface area contributed by atoms with Crippen LogP contribution in [-0.2, 0) is 0 Å². The lowest BCUT2D eigenvalue weighted by molar-refractivity contribution is 1.18. The lowest BCUT2D eigenvalue weighted by Gasteiger charge is -1.96. The van der Waals surface area contributed by atoms with E-state index in [-0.39, 0.29) is 10.6 Å². The molecule has 0 bridgehead atoms. The molecule has 2 N–H and O–H groups in total. The summed E-state index contributed by atoms with van der Waals surface area (Å²) < 4.78 is 0. The lowest BCUT2D eigenvalue weighted by atomic mass is 10.2. The topological polar surface area (TPSA) is 62.7 Å². The zero-order valence-electron chi connectivity index (χ0n) is 7.69. The van der Waals surface area contributed by atoms with E-state index in [2.05, 4.69) is 4.98 Å². The Morgan fingerprint density at radius 1 is 1.64 bits per heavy atom. The minimum absolute atomic E-state index is 0.0933. The Bertz CT molecular complexity index is 429. The number of nitrogens with two attached hydrogens (primary N) is 1. The number of aromatic nitrogens is 1. The van der Waals surface area contributed by atoms with Crippen LogP contribution in [0.15, 0.2) is 23.8 Å². The van der Waals surface area contributed by atoms with Crippen molar-refractivity contribution in [1.29, 1.82) is 5.26 Å². The fraction of sp³-hybridized carbons (Fsp3) is 0.100. The van der Waals surface area contributed by atoms with E-state index in [4.69, 9.17) is 23.2 Å². The van der Waals surface area contributed by atoms with Crippen molar-refractivity contribution < 1.29 is 0 Å². The molecule has 0 aromatic carbocycles. The second-order valence-electron chi connectivity index (χ2n) is 2.74. The summed E-state index contributed by atoms with van der Waals surface area (Å²) in [6, 6.07) is 7.46. The van der Waals surface area contributed by atoms with Gasteiger partial charge in [0, 0.05) is 5.69 Å². The average molecular weight is 203 g/mol. The van der Waals surface area contributed by atoms with Crippen LogP contribution in [0.3, 0.4) is 0 Å². The second-order valence-corrected chi connectivity index (χ2v) is 3.18. The van der Waals surface area contributed by atoms with Gasteiger partial charge in [-0.15, -0.1) is 0 Å². The average Bonchev–Trinajstić information content (AvgIpc) is 2.14. The van der Waals surface area contributed by atoms with Crippen LogP contribution >= 0.6 is 12.2 Å². The molecule has 0 atom stereocenters. The number of hydrogen-bond acceptors (Lipinski definition) is 3. The van der Waals surface area contributed by atoms with Crippen LogP contribution in [0.25, 0.3) is 6.08 Å². The molecule has 0 radical (unpaired) electrons. The SMILES string of the molecule is Cc1cccc(/C=C(\C#N)C(N)=S)n1. The van der Waals surface area contributed by atoms with Crippen molar-refractivity contribution in [3.63, 3.8) is 0 Å². The highest BCUT2D eigenvalue weighted by Crippen LogP contribution is 2.04. The Kier molecular flexibility index (Phi) is 3.32. The lowest BCUT2D eigenvalue weighted by Crippen LogP contribution is -2.09. The summed E-state index contributed by atoms with van der Waals surface area (Å²) in [5, 5.41) is 8.71. The fourth-order valence-electron chi connectivity index (χ4n) is 0.951.